The first-order valence-electron chi connectivity index (χ1n) is 9.98. The van der Waals surface area contributed by atoms with Gasteiger partial charge in [-0.25, -0.2) is 17.2 Å². The molecule has 0 bridgehead atoms. The molecule has 1 aliphatic heterocycles. The number of amides is 1. The van der Waals surface area contributed by atoms with Gasteiger partial charge >= 0.3 is 0 Å². The SMILES string of the molecule is Cc1ccc(C2=NN(c3c(F)cc(CC(=O)CS(=O)(=O)c4ccc(Cl)s4)cc3F)C(=O)C2)cc1. The van der Waals surface area contributed by atoms with E-state index in [1.54, 1.807) is 12.1 Å². The van der Waals surface area contributed by atoms with Crippen LogP contribution in [0, 0.1) is 18.6 Å². The number of Topliss-reactive ketones (excluding diaryl/α,β-unsaturated/α-hetero) is 1. The number of carbonyl (C=O) groups excluding carboxylic acids is 2. The van der Waals surface area contributed by atoms with Crippen LogP contribution in [0.25, 0.3) is 0 Å². The van der Waals surface area contributed by atoms with Gasteiger partial charge in [0, 0.05) is 6.42 Å². The Hall–Kier alpha value is -2.95. The van der Waals surface area contributed by atoms with Gasteiger partial charge in [0.15, 0.2) is 27.3 Å². The Balaban J connectivity index is 1.53. The molecule has 0 saturated heterocycles. The lowest BCUT2D eigenvalue weighted by molar-refractivity contribution is -0.117. The van der Waals surface area contributed by atoms with Crippen molar-refractivity contribution in [1.29, 1.82) is 0 Å². The van der Waals surface area contributed by atoms with E-state index in [0.717, 1.165) is 29.0 Å². The summed E-state index contributed by atoms with van der Waals surface area (Å²) >= 11 is 6.56. The lowest BCUT2D eigenvalue weighted by Crippen LogP contribution is -2.22. The molecule has 0 unspecified atom stereocenters. The van der Waals surface area contributed by atoms with E-state index in [2.05, 4.69) is 5.10 Å². The molecule has 1 amide bonds. The first-order valence-corrected chi connectivity index (χ1v) is 12.8. The largest absolute Gasteiger partial charge is 0.298 e. The van der Waals surface area contributed by atoms with Gasteiger partial charge in [0.2, 0.25) is 0 Å². The highest BCUT2D eigenvalue weighted by Crippen LogP contribution is 2.30. The normalized spacial score (nSPS) is 13.9. The molecular weight excluding hydrogens is 506 g/mol. The molecular formula is C23H17ClF2N2O4S2. The van der Waals surface area contributed by atoms with Gasteiger partial charge in [-0.2, -0.15) is 10.1 Å². The smallest absolute Gasteiger partial charge is 0.253 e. The van der Waals surface area contributed by atoms with E-state index in [1.165, 1.54) is 12.1 Å². The Morgan fingerprint density at radius 3 is 2.35 bits per heavy atom. The highest BCUT2D eigenvalue weighted by Gasteiger charge is 2.31. The van der Waals surface area contributed by atoms with E-state index in [4.69, 9.17) is 11.6 Å². The van der Waals surface area contributed by atoms with Crippen LogP contribution in [0.5, 0.6) is 0 Å². The first kappa shape index (κ1) is 24.2. The number of thiophene rings is 1. The third-order valence-corrected chi connectivity index (χ3v) is 8.55. The maximum absolute atomic E-state index is 14.8. The Morgan fingerprint density at radius 2 is 1.76 bits per heavy atom. The number of aryl methyl sites for hydroxylation is 1. The number of anilines is 1. The summed E-state index contributed by atoms with van der Waals surface area (Å²) in [7, 11) is -3.92. The van der Waals surface area contributed by atoms with Gasteiger partial charge in [0.1, 0.15) is 15.6 Å². The van der Waals surface area contributed by atoms with Gasteiger partial charge in [0.25, 0.3) is 5.91 Å². The van der Waals surface area contributed by atoms with E-state index >= 15 is 0 Å². The second kappa shape index (κ2) is 9.36. The molecule has 0 radical (unpaired) electrons. The molecule has 0 aliphatic carbocycles. The van der Waals surface area contributed by atoms with Crippen LogP contribution in [-0.2, 0) is 25.8 Å². The summed E-state index contributed by atoms with van der Waals surface area (Å²) < 4.78 is 54.5. The minimum absolute atomic E-state index is 0.0578. The number of rotatable bonds is 7. The highest BCUT2D eigenvalue weighted by atomic mass is 35.5. The molecule has 1 aromatic heterocycles. The van der Waals surface area contributed by atoms with Gasteiger partial charge in [-0.1, -0.05) is 41.4 Å². The summed E-state index contributed by atoms with van der Waals surface area (Å²) in [4.78, 5) is 24.7. The third-order valence-electron chi connectivity index (χ3n) is 5.06. The average Bonchev–Trinajstić information content (AvgIpc) is 3.34. The number of sulfone groups is 1. The average molecular weight is 523 g/mol. The highest BCUT2D eigenvalue weighted by molar-refractivity contribution is 7.94. The zero-order valence-corrected chi connectivity index (χ0v) is 20.1. The maximum Gasteiger partial charge on any atom is 0.253 e. The van der Waals surface area contributed by atoms with E-state index in [-0.39, 0.29) is 20.5 Å². The van der Waals surface area contributed by atoms with Crippen LogP contribution in [-0.4, -0.2) is 31.6 Å². The van der Waals surface area contributed by atoms with Crippen molar-refractivity contribution in [2.75, 3.05) is 10.8 Å². The van der Waals surface area contributed by atoms with Crippen molar-refractivity contribution in [1.82, 2.24) is 0 Å². The fraction of sp³-hybridized carbons (Fsp3) is 0.174. The van der Waals surface area contributed by atoms with Crippen molar-refractivity contribution in [2.45, 2.75) is 24.0 Å². The zero-order valence-electron chi connectivity index (χ0n) is 17.7. The molecule has 176 valence electrons. The van der Waals surface area contributed by atoms with Gasteiger partial charge in [-0.3, -0.25) is 9.59 Å². The lowest BCUT2D eigenvalue weighted by atomic mass is 10.1. The van der Waals surface area contributed by atoms with E-state index in [0.29, 0.717) is 16.3 Å². The Bertz CT molecular complexity index is 1410. The predicted molar refractivity (Wildman–Crippen MR) is 126 cm³/mol. The van der Waals surface area contributed by atoms with Crippen LogP contribution < -0.4 is 5.01 Å². The summed E-state index contributed by atoms with van der Waals surface area (Å²) in [6.45, 7) is 1.90. The molecule has 0 saturated carbocycles. The van der Waals surface area contributed by atoms with E-state index in [9.17, 15) is 26.8 Å². The predicted octanol–water partition coefficient (Wildman–Crippen LogP) is 4.71. The number of ketones is 1. The van der Waals surface area contributed by atoms with Gasteiger partial charge in [0.05, 0.1) is 16.5 Å². The van der Waals surface area contributed by atoms with Crippen LogP contribution in [0.3, 0.4) is 0 Å². The number of nitrogens with zero attached hydrogens (tertiary/aromatic N) is 2. The molecule has 6 nitrogen and oxygen atoms in total. The fourth-order valence-electron chi connectivity index (χ4n) is 3.46. The number of hydrogen-bond donors (Lipinski definition) is 0. The molecule has 0 atom stereocenters. The molecule has 2 aromatic carbocycles. The minimum atomic E-state index is -3.92. The van der Waals surface area contributed by atoms with Gasteiger partial charge < -0.3 is 0 Å². The number of hydrogen-bond acceptors (Lipinski definition) is 6. The van der Waals surface area contributed by atoms with E-state index in [1.807, 2.05) is 19.1 Å². The molecule has 11 heteroatoms. The third kappa shape index (κ3) is 5.08. The molecule has 0 spiro atoms. The van der Waals surface area contributed by atoms with E-state index < -0.39 is 51.0 Å². The molecule has 1 aliphatic rings. The van der Waals surface area contributed by atoms with Gasteiger partial charge in [-0.15, -0.1) is 11.3 Å². The van der Waals surface area contributed by atoms with Crippen molar-refractivity contribution < 1.29 is 26.8 Å². The molecule has 2 heterocycles. The van der Waals surface area contributed by atoms with Crippen LogP contribution >= 0.6 is 22.9 Å². The van der Waals surface area contributed by atoms with Crippen LogP contribution in [0.15, 0.2) is 57.8 Å². The van der Waals surface area contributed by atoms with Crippen molar-refractivity contribution >= 4 is 55.9 Å². The maximum atomic E-state index is 14.8. The second-order valence-corrected chi connectivity index (χ2v) is 11.7. The Kier molecular flexibility index (Phi) is 6.66. The number of hydrazone groups is 1. The summed E-state index contributed by atoms with van der Waals surface area (Å²) in [5.74, 6) is -4.34. The van der Waals surface area contributed by atoms with Crippen molar-refractivity contribution in [2.24, 2.45) is 5.10 Å². The number of halogens is 3. The van der Waals surface area contributed by atoms with Crippen molar-refractivity contribution in [3.8, 4) is 0 Å². The summed E-state index contributed by atoms with van der Waals surface area (Å²) in [5, 5.41) is 4.78. The summed E-state index contributed by atoms with van der Waals surface area (Å²) in [6.07, 6.45) is -0.620. The zero-order chi connectivity index (χ0) is 24.6. The molecule has 4 rings (SSSR count). The molecule has 3 aromatic rings. The summed E-state index contributed by atoms with van der Waals surface area (Å²) in [6, 6.07) is 11.7. The van der Waals surface area contributed by atoms with Crippen molar-refractivity contribution in [3.05, 3.63) is 81.2 Å². The van der Waals surface area contributed by atoms with Gasteiger partial charge in [-0.05, 0) is 42.3 Å². The molecule has 0 fully saturated rings. The van der Waals surface area contributed by atoms with Crippen molar-refractivity contribution in [3.63, 3.8) is 0 Å². The minimum Gasteiger partial charge on any atom is -0.298 e. The topological polar surface area (TPSA) is 83.9 Å². The Labute approximate surface area is 203 Å². The molecule has 0 N–H and O–H groups in total. The second-order valence-electron chi connectivity index (χ2n) is 7.74. The van der Waals surface area contributed by atoms with Crippen LogP contribution in [0.1, 0.15) is 23.1 Å². The van der Waals surface area contributed by atoms with Crippen LogP contribution in [0.2, 0.25) is 4.34 Å². The Morgan fingerprint density at radius 1 is 1.12 bits per heavy atom. The lowest BCUT2D eigenvalue weighted by Gasteiger charge is -2.14. The summed E-state index contributed by atoms with van der Waals surface area (Å²) in [5.41, 5.74) is 1.35. The quantitative estimate of drug-likeness (QED) is 0.449. The molecule has 34 heavy (non-hydrogen) atoms. The fourth-order valence-corrected chi connectivity index (χ4v) is 6.27. The first-order chi connectivity index (χ1) is 16.0. The monoisotopic (exact) mass is 522 g/mol. The standard InChI is InChI=1S/C23H17ClF2N2O4S2/c1-13-2-4-15(5-3-13)19-11-21(30)28(27-19)23-17(25)9-14(10-18(23)26)8-16(29)12-34(31,32)22-7-6-20(24)33-22/h2-7,9-10H,8,11-12H2,1H3. The number of benzene rings is 2. The van der Waals surface area contributed by atoms with Crippen LogP contribution in [0.4, 0.5) is 14.5 Å². The number of carbonyl (C=O) groups is 2.